The van der Waals surface area contributed by atoms with Gasteiger partial charge in [0.15, 0.2) is 0 Å². The van der Waals surface area contributed by atoms with Gasteiger partial charge in [-0.1, -0.05) is 61.0 Å². The Bertz CT molecular complexity index is 402. The maximum absolute atomic E-state index is 3.76. The van der Waals surface area contributed by atoms with Crippen LogP contribution in [-0.2, 0) is 12.8 Å². The maximum Gasteiger partial charge on any atom is 0.0178 e. The van der Waals surface area contributed by atoms with Gasteiger partial charge in [-0.25, -0.2) is 0 Å². The van der Waals surface area contributed by atoms with Gasteiger partial charge in [0.05, 0.1) is 0 Å². The third-order valence-electron chi connectivity index (χ3n) is 4.36. The lowest BCUT2D eigenvalue weighted by molar-refractivity contribution is 0.446. The van der Waals surface area contributed by atoms with E-state index in [9.17, 15) is 0 Å². The minimum atomic E-state index is 0.694. The second-order valence-corrected chi connectivity index (χ2v) is 6.99. The van der Waals surface area contributed by atoms with E-state index in [1.165, 1.54) is 74.4 Å². The fraction of sp³-hybridized carbons (Fsp3) is 0.667. The van der Waals surface area contributed by atoms with Crippen molar-refractivity contribution in [2.24, 2.45) is 0 Å². The second-order valence-electron chi connectivity index (χ2n) is 6.07. The van der Waals surface area contributed by atoms with Crippen LogP contribution < -0.4 is 5.32 Å². The number of rotatable bonds is 8. The van der Waals surface area contributed by atoms with Gasteiger partial charge in [0, 0.05) is 10.5 Å². The van der Waals surface area contributed by atoms with Crippen molar-refractivity contribution >= 4 is 15.9 Å². The predicted octanol–water partition coefficient (Wildman–Crippen LogP) is 5.26. The molecule has 1 nitrogen and oxygen atoms in total. The summed E-state index contributed by atoms with van der Waals surface area (Å²) in [5.74, 6) is 0. The zero-order valence-electron chi connectivity index (χ0n) is 12.8. The molecule has 0 fully saturated rings. The molecule has 1 aliphatic carbocycles. The van der Waals surface area contributed by atoms with E-state index in [4.69, 9.17) is 0 Å². The van der Waals surface area contributed by atoms with Crippen LogP contribution in [-0.4, -0.2) is 12.6 Å². The summed E-state index contributed by atoms with van der Waals surface area (Å²) >= 11 is 3.57. The summed E-state index contributed by atoms with van der Waals surface area (Å²) in [5.41, 5.74) is 3.08. The Morgan fingerprint density at radius 2 is 1.90 bits per heavy atom. The van der Waals surface area contributed by atoms with Crippen molar-refractivity contribution in [3.05, 3.63) is 33.8 Å². The highest BCUT2D eigenvalue weighted by Gasteiger charge is 2.17. The van der Waals surface area contributed by atoms with E-state index in [0.717, 1.165) is 0 Å². The van der Waals surface area contributed by atoms with Crippen LogP contribution in [0.15, 0.2) is 22.7 Å². The molecule has 0 heterocycles. The molecule has 2 rings (SSSR count). The Hall–Kier alpha value is -0.340. The molecular formula is C18H28BrN. The number of fused-ring (bicyclic) bond motifs is 1. The molecule has 0 aromatic heterocycles. The number of nitrogens with one attached hydrogen (secondary N) is 1. The van der Waals surface area contributed by atoms with Crippen molar-refractivity contribution in [1.29, 1.82) is 0 Å². The Morgan fingerprint density at radius 1 is 1.10 bits per heavy atom. The highest BCUT2D eigenvalue weighted by molar-refractivity contribution is 9.10. The van der Waals surface area contributed by atoms with E-state index in [1.54, 1.807) is 5.56 Å². The summed E-state index contributed by atoms with van der Waals surface area (Å²) < 4.78 is 1.22. The molecule has 0 radical (unpaired) electrons. The van der Waals surface area contributed by atoms with Crippen LogP contribution in [0.25, 0.3) is 0 Å². The number of benzene rings is 1. The maximum atomic E-state index is 3.76. The highest BCUT2D eigenvalue weighted by Crippen LogP contribution is 2.24. The van der Waals surface area contributed by atoms with Crippen LogP contribution in [0.2, 0.25) is 0 Å². The van der Waals surface area contributed by atoms with E-state index < -0.39 is 0 Å². The zero-order valence-corrected chi connectivity index (χ0v) is 14.3. The quantitative estimate of drug-likeness (QED) is 0.638. The normalized spacial score (nSPS) is 18.0. The Kier molecular flexibility index (Phi) is 7.09. The number of halogens is 1. The first-order valence-electron chi connectivity index (χ1n) is 8.30. The second kappa shape index (κ2) is 8.84. The molecule has 1 N–H and O–H groups in total. The van der Waals surface area contributed by atoms with E-state index in [0.29, 0.717) is 6.04 Å². The van der Waals surface area contributed by atoms with Crippen molar-refractivity contribution in [3.63, 3.8) is 0 Å². The van der Waals surface area contributed by atoms with Crippen molar-refractivity contribution in [2.45, 2.75) is 70.8 Å². The molecule has 0 spiro atoms. The first kappa shape index (κ1) is 16.0. The van der Waals surface area contributed by atoms with Crippen molar-refractivity contribution < 1.29 is 0 Å². The summed E-state index contributed by atoms with van der Waals surface area (Å²) in [6.45, 7) is 3.48. The molecule has 0 saturated heterocycles. The molecule has 1 unspecified atom stereocenters. The Morgan fingerprint density at radius 3 is 2.75 bits per heavy atom. The van der Waals surface area contributed by atoms with Gasteiger partial charge in [-0.15, -0.1) is 0 Å². The van der Waals surface area contributed by atoms with Gasteiger partial charge < -0.3 is 5.32 Å². The van der Waals surface area contributed by atoms with Gasteiger partial charge in [-0.2, -0.15) is 0 Å². The molecule has 0 amide bonds. The minimum absolute atomic E-state index is 0.694. The Balaban J connectivity index is 1.63. The summed E-state index contributed by atoms with van der Waals surface area (Å²) in [4.78, 5) is 0. The van der Waals surface area contributed by atoms with Crippen LogP contribution in [0.4, 0.5) is 0 Å². The monoisotopic (exact) mass is 337 g/mol. The molecule has 1 aliphatic rings. The van der Waals surface area contributed by atoms with E-state index >= 15 is 0 Å². The van der Waals surface area contributed by atoms with E-state index in [2.05, 4.69) is 46.4 Å². The number of hydrogen-bond acceptors (Lipinski definition) is 1. The largest absolute Gasteiger partial charge is 0.314 e. The molecular weight excluding hydrogens is 310 g/mol. The van der Waals surface area contributed by atoms with Crippen LogP contribution in [0, 0.1) is 0 Å². The lowest BCUT2D eigenvalue weighted by Gasteiger charge is -2.25. The summed E-state index contributed by atoms with van der Waals surface area (Å²) in [6, 6.07) is 7.45. The van der Waals surface area contributed by atoms with Gasteiger partial charge in [-0.3, -0.25) is 0 Å². The fourth-order valence-electron chi connectivity index (χ4n) is 3.11. The third-order valence-corrected chi connectivity index (χ3v) is 4.85. The molecule has 0 aliphatic heterocycles. The van der Waals surface area contributed by atoms with Crippen LogP contribution >= 0.6 is 15.9 Å². The van der Waals surface area contributed by atoms with Crippen molar-refractivity contribution in [3.8, 4) is 0 Å². The predicted molar refractivity (Wildman–Crippen MR) is 91.3 cm³/mol. The topological polar surface area (TPSA) is 12.0 Å². The smallest absolute Gasteiger partial charge is 0.0178 e. The van der Waals surface area contributed by atoms with Gasteiger partial charge in [0.1, 0.15) is 0 Å². The summed E-state index contributed by atoms with van der Waals surface area (Å²) in [7, 11) is 0. The SMILES string of the molecule is CCCCCCCCNC1CCc2cc(Br)ccc2C1. The summed E-state index contributed by atoms with van der Waals surface area (Å²) in [6.07, 6.45) is 12.0. The molecule has 0 bridgehead atoms. The standard InChI is InChI=1S/C18H28BrN/c1-2-3-4-5-6-7-12-20-18-11-9-15-13-17(19)10-8-16(15)14-18/h8,10,13,18,20H,2-7,9,11-12,14H2,1H3. The molecule has 0 saturated carbocycles. The molecule has 1 atom stereocenters. The van der Waals surface area contributed by atoms with Gasteiger partial charge in [0.2, 0.25) is 0 Å². The average molecular weight is 338 g/mol. The highest BCUT2D eigenvalue weighted by atomic mass is 79.9. The summed E-state index contributed by atoms with van der Waals surface area (Å²) in [5, 5.41) is 3.76. The fourth-order valence-corrected chi connectivity index (χ4v) is 3.52. The Labute approximate surface area is 132 Å². The molecule has 1 aromatic carbocycles. The first-order chi connectivity index (χ1) is 9.79. The van der Waals surface area contributed by atoms with Crippen LogP contribution in [0.3, 0.4) is 0 Å². The first-order valence-corrected chi connectivity index (χ1v) is 9.09. The number of hydrogen-bond donors (Lipinski definition) is 1. The third kappa shape index (κ3) is 5.21. The molecule has 112 valence electrons. The van der Waals surface area contributed by atoms with Crippen LogP contribution in [0.1, 0.15) is 63.0 Å². The van der Waals surface area contributed by atoms with Crippen LogP contribution in [0.5, 0.6) is 0 Å². The zero-order chi connectivity index (χ0) is 14.2. The van der Waals surface area contributed by atoms with Gasteiger partial charge in [0.25, 0.3) is 0 Å². The van der Waals surface area contributed by atoms with Crippen molar-refractivity contribution in [1.82, 2.24) is 5.32 Å². The lowest BCUT2D eigenvalue weighted by Crippen LogP contribution is -2.35. The number of unbranched alkanes of at least 4 members (excludes halogenated alkanes) is 5. The van der Waals surface area contributed by atoms with Gasteiger partial charge >= 0.3 is 0 Å². The lowest BCUT2D eigenvalue weighted by atomic mass is 9.88. The minimum Gasteiger partial charge on any atom is -0.314 e. The van der Waals surface area contributed by atoms with Gasteiger partial charge in [-0.05, 0) is 55.5 Å². The molecule has 20 heavy (non-hydrogen) atoms. The number of aryl methyl sites for hydroxylation is 1. The molecule has 2 heteroatoms. The average Bonchev–Trinajstić information content (AvgIpc) is 2.46. The van der Waals surface area contributed by atoms with E-state index in [-0.39, 0.29) is 0 Å². The van der Waals surface area contributed by atoms with E-state index in [1.807, 2.05) is 0 Å². The molecule has 1 aromatic rings. The van der Waals surface area contributed by atoms with Crippen molar-refractivity contribution in [2.75, 3.05) is 6.54 Å².